The van der Waals surface area contributed by atoms with Crippen molar-refractivity contribution in [3.63, 3.8) is 0 Å². The molecule has 2 fully saturated rings. The van der Waals surface area contributed by atoms with Crippen molar-refractivity contribution in [1.82, 2.24) is 10.2 Å². The van der Waals surface area contributed by atoms with Crippen LogP contribution in [-0.2, 0) is 6.54 Å². The maximum atomic E-state index is 3.77. The van der Waals surface area contributed by atoms with Crippen LogP contribution < -0.4 is 5.32 Å². The first-order valence-corrected chi connectivity index (χ1v) is 8.81. The van der Waals surface area contributed by atoms with Gasteiger partial charge in [-0.05, 0) is 67.6 Å². The van der Waals surface area contributed by atoms with Crippen LogP contribution in [0.4, 0.5) is 0 Å². The highest BCUT2D eigenvalue weighted by molar-refractivity contribution is 5.85. The first-order valence-electron chi connectivity index (χ1n) is 8.81. The molecule has 1 saturated carbocycles. The molecule has 23 heavy (non-hydrogen) atoms. The van der Waals surface area contributed by atoms with Crippen LogP contribution in [0.1, 0.15) is 31.2 Å². The predicted octanol–water partition coefficient (Wildman–Crippen LogP) is 4.23. The average Bonchev–Trinajstić information content (AvgIpc) is 3.39. The summed E-state index contributed by atoms with van der Waals surface area (Å²) >= 11 is 0. The third kappa shape index (κ3) is 4.26. The van der Waals surface area contributed by atoms with Gasteiger partial charge in [0, 0.05) is 12.6 Å². The first kappa shape index (κ1) is 16.8. The van der Waals surface area contributed by atoms with Crippen LogP contribution >= 0.6 is 12.4 Å². The summed E-state index contributed by atoms with van der Waals surface area (Å²) in [6, 6.07) is 16.2. The van der Waals surface area contributed by atoms with E-state index in [1.165, 1.54) is 61.7 Å². The normalized spacial score (nSPS) is 19.7. The minimum Gasteiger partial charge on any atom is -0.314 e. The Morgan fingerprint density at radius 3 is 2.43 bits per heavy atom. The van der Waals surface area contributed by atoms with Gasteiger partial charge in [0.25, 0.3) is 0 Å². The van der Waals surface area contributed by atoms with E-state index in [9.17, 15) is 0 Å². The lowest BCUT2D eigenvalue weighted by Gasteiger charge is -2.32. The van der Waals surface area contributed by atoms with E-state index in [0.29, 0.717) is 0 Å². The number of hydrogen-bond acceptors (Lipinski definition) is 2. The van der Waals surface area contributed by atoms with Crippen molar-refractivity contribution in [2.45, 2.75) is 38.3 Å². The number of hydrogen-bond donors (Lipinski definition) is 1. The highest BCUT2D eigenvalue weighted by atomic mass is 35.5. The van der Waals surface area contributed by atoms with Crippen molar-refractivity contribution in [3.8, 4) is 0 Å². The summed E-state index contributed by atoms with van der Waals surface area (Å²) in [5, 5.41) is 6.55. The number of nitrogens with zero attached hydrogens (tertiary/aromatic N) is 1. The second-order valence-corrected chi connectivity index (χ2v) is 7.04. The summed E-state index contributed by atoms with van der Waals surface area (Å²) < 4.78 is 0. The summed E-state index contributed by atoms with van der Waals surface area (Å²) in [5.74, 6) is 0.994. The molecule has 0 unspecified atom stereocenters. The number of likely N-dealkylation sites (tertiary alicyclic amines) is 1. The molecule has 0 atom stereocenters. The largest absolute Gasteiger partial charge is 0.314 e. The third-order valence-electron chi connectivity index (χ3n) is 5.25. The van der Waals surface area contributed by atoms with E-state index in [2.05, 4.69) is 52.7 Å². The number of fused-ring (bicyclic) bond motifs is 1. The fourth-order valence-corrected chi connectivity index (χ4v) is 3.62. The summed E-state index contributed by atoms with van der Waals surface area (Å²) in [5.41, 5.74) is 1.47. The Balaban J connectivity index is 0.00000156. The summed E-state index contributed by atoms with van der Waals surface area (Å²) in [6.07, 6.45) is 5.51. The second kappa shape index (κ2) is 7.65. The van der Waals surface area contributed by atoms with Gasteiger partial charge in [0.05, 0.1) is 0 Å². The zero-order chi connectivity index (χ0) is 14.8. The molecule has 0 amide bonds. The zero-order valence-electron chi connectivity index (χ0n) is 13.7. The summed E-state index contributed by atoms with van der Waals surface area (Å²) in [4.78, 5) is 2.62. The molecule has 124 valence electrons. The van der Waals surface area contributed by atoms with Crippen LogP contribution in [-0.4, -0.2) is 30.6 Å². The second-order valence-electron chi connectivity index (χ2n) is 7.04. The Morgan fingerprint density at radius 2 is 1.65 bits per heavy atom. The minimum atomic E-state index is 0. The fraction of sp³-hybridized carbons (Fsp3) is 0.500. The van der Waals surface area contributed by atoms with Gasteiger partial charge in [-0.25, -0.2) is 0 Å². The van der Waals surface area contributed by atoms with Crippen LogP contribution in [0.15, 0.2) is 42.5 Å². The third-order valence-corrected chi connectivity index (χ3v) is 5.25. The maximum absolute atomic E-state index is 3.77. The SMILES string of the molecule is Cl.c1ccc2c(CN3CCC(NCC4CC4)CC3)cccc2c1. The topological polar surface area (TPSA) is 15.3 Å². The summed E-state index contributed by atoms with van der Waals surface area (Å²) in [7, 11) is 0. The van der Waals surface area contributed by atoms with Crippen molar-refractivity contribution in [2.24, 2.45) is 5.92 Å². The monoisotopic (exact) mass is 330 g/mol. The van der Waals surface area contributed by atoms with E-state index in [-0.39, 0.29) is 12.4 Å². The standard InChI is InChI=1S/C20H26N2.ClH/c1-2-7-20-17(4-1)5-3-6-18(20)15-22-12-10-19(11-13-22)21-14-16-8-9-16;/h1-7,16,19,21H,8-15H2;1H. The maximum Gasteiger partial charge on any atom is 0.0239 e. The van der Waals surface area contributed by atoms with E-state index in [0.717, 1.165) is 18.5 Å². The fourth-order valence-electron chi connectivity index (χ4n) is 3.62. The Bertz CT molecular complexity index is 625. The van der Waals surface area contributed by atoms with Crippen molar-refractivity contribution in [3.05, 3.63) is 48.0 Å². The lowest BCUT2D eigenvalue weighted by atomic mass is 10.0. The van der Waals surface area contributed by atoms with Crippen LogP contribution in [0.25, 0.3) is 10.8 Å². The van der Waals surface area contributed by atoms with Crippen LogP contribution in [0.5, 0.6) is 0 Å². The summed E-state index contributed by atoms with van der Waals surface area (Å²) in [6.45, 7) is 4.81. The van der Waals surface area contributed by atoms with Crippen LogP contribution in [0.2, 0.25) is 0 Å². The number of halogens is 1. The van der Waals surface area contributed by atoms with Crippen molar-refractivity contribution >= 4 is 23.2 Å². The molecular formula is C20H27ClN2. The predicted molar refractivity (Wildman–Crippen MR) is 100 cm³/mol. The Kier molecular flexibility index (Phi) is 5.58. The quantitative estimate of drug-likeness (QED) is 0.882. The van der Waals surface area contributed by atoms with Crippen molar-refractivity contribution in [1.29, 1.82) is 0 Å². The number of rotatable bonds is 5. The Hall–Kier alpha value is -1.09. The van der Waals surface area contributed by atoms with Gasteiger partial charge in [0.15, 0.2) is 0 Å². The highest BCUT2D eigenvalue weighted by Crippen LogP contribution is 2.28. The molecule has 1 aliphatic heterocycles. The molecule has 0 bridgehead atoms. The van der Waals surface area contributed by atoms with Gasteiger partial charge in [0.1, 0.15) is 0 Å². The Labute approximate surface area is 145 Å². The average molecular weight is 331 g/mol. The lowest BCUT2D eigenvalue weighted by molar-refractivity contribution is 0.190. The van der Waals surface area contributed by atoms with Crippen LogP contribution in [0.3, 0.4) is 0 Å². The van der Waals surface area contributed by atoms with Gasteiger partial charge >= 0.3 is 0 Å². The van der Waals surface area contributed by atoms with E-state index in [1.54, 1.807) is 0 Å². The molecule has 2 aromatic carbocycles. The van der Waals surface area contributed by atoms with E-state index >= 15 is 0 Å². The molecule has 1 aliphatic carbocycles. The molecule has 1 N–H and O–H groups in total. The highest BCUT2D eigenvalue weighted by Gasteiger charge is 2.24. The molecule has 2 nitrogen and oxygen atoms in total. The minimum absolute atomic E-state index is 0. The van der Waals surface area contributed by atoms with E-state index in [4.69, 9.17) is 0 Å². The molecule has 1 saturated heterocycles. The first-order chi connectivity index (χ1) is 10.9. The van der Waals surface area contributed by atoms with Gasteiger partial charge in [0.2, 0.25) is 0 Å². The number of nitrogens with one attached hydrogen (secondary N) is 1. The van der Waals surface area contributed by atoms with Gasteiger partial charge < -0.3 is 5.32 Å². The molecule has 2 aliphatic rings. The molecule has 3 heteroatoms. The van der Waals surface area contributed by atoms with Crippen molar-refractivity contribution < 1.29 is 0 Å². The van der Waals surface area contributed by atoms with Gasteiger partial charge in [-0.3, -0.25) is 4.90 Å². The van der Waals surface area contributed by atoms with E-state index < -0.39 is 0 Å². The van der Waals surface area contributed by atoms with Gasteiger partial charge in [-0.1, -0.05) is 42.5 Å². The van der Waals surface area contributed by atoms with Gasteiger partial charge in [-0.15, -0.1) is 12.4 Å². The molecule has 2 aromatic rings. The molecule has 0 aromatic heterocycles. The molecule has 0 radical (unpaired) electrons. The molecule has 1 heterocycles. The van der Waals surface area contributed by atoms with Crippen LogP contribution in [0, 0.1) is 5.92 Å². The molecular weight excluding hydrogens is 304 g/mol. The Morgan fingerprint density at radius 1 is 0.913 bits per heavy atom. The van der Waals surface area contributed by atoms with Gasteiger partial charge in [-0.2, -0.15) is 0 Å². The molecule has 0 spiro atoms. The number of piperidine rings is 1. The number of benzene rings is 2. The zero-order valence-corrected chi connectivity index (χ0v) is 14.5. The molecule has 4 rings (SSSR count). The van der Waals surface area contributed by atoms with Crippen molar-refractivity contribution in [2.75, 3.05) is 19.6 Å². The van der Waals surface area contributed by atoms with E-state index in [1.807, 2.05) is 0 Å². The smallest absolute Gasteiger partial charge is 0.0239 e. The lowest BCUT2D eigenvalue weighted by Crippen LogP contribution is -2.42.